The zero-order chi connectivity index (χ0) is 12.7. The molecule has 0 aliphatic carbocycles. The Bertz CT molecular complexity index is 697. The van der Waals surface area contributed by atoms with Crippen LogP contribution in [0.4, 0.5) is 0 Å². The predicted molar refractivity (Wildman–Crippen MR) is 66.8 cm³/mol. The molecule has 5 nitrogen and oxygen atoms in total. The van der Waals surface area contributed by atoms with Gasteiger partial charge < -0.3 is 14.7 Å². The lowest BCUT2D eigenvalue weighted by Gasteiger charge is -1.96. The van der Waals surface area contributed by atoms with E-state index in [0.717, 1.165) is 22.1 Å². The van der Waals surface area contributed by atoms with Crippen LogP contribution in [0, 0.1) is 6.92 Å². The first-order chi connectivity index (χ1) is 8.65. The highest BCUT2D eigenvalue weighted by molar-refractivity contribution is 5.85. The highest BCUT2D eigenvalue weighted by atomic mass is 16.5. The molecule has 0 radical (unpaired) electrons. The average molecular weight is 243 g/mol. The molecule has 0 amide bonds. The van der Waals surface area contributed by atoms with Crippen LogP contribution < -0.4 is 5.73 Å². The van der Waals surface area contributed by atoms with E-state index in [4.69, 9.17) is 14.7 Å². The maximum absolute atomic E-state index is 5.69. The first-order valence-electron chi connectivity index (χ1n) is 5.72. The largest absolute Gasteiger partial charge is 0.464 e. The third kappa shape index (κ3) is 1.69. The number of hydrogen-bond acceptors (Lipinski definition) is 5. The summed E-state index contributed by atoms with van der Waals surface area (Å²) in [6.45, 7) is 3.81. The maximum atomic E-state index is 5.69. The van der Waals surface area contributed by atoms with E-state index in [1.807, 2.05) is 25.1 Å². The van der Waals surface area contributed by atoms with Crippen LogP contribution in [0.25, 0.3) is 22.4 Å². The van der Waals surface area contributed by atoms with E-state index in [-0.39, 0.29) is 6.04 Å². The molecule has 3 rings (SSSR count). The van der Waals surface area contributed by atoms with Gasteiger partial charge in [-0.2, -0.15) is 4.98 Å². The summed E-state index contributed by atoms with van der Waals surface area (Å²) >= 11 is 0. The normalized spacial score (nSPS) is 13.1. The molecule has 5 heteroatoms. The summed E-state index contributed by atoms with van der Waals surface area (Å²) in [7, 11) is 0. The average Bonchev–Trinajstić information content (AvgIpc) is 2.96. The van der Waals surface area contributed by atoms with Gasteiger partial charge in [0.25, 0.3) is 0 Å². The van der Waals surface area contributed by atoms with E-state index in [1.165, 1.54) is 0 Å². The van der Waals surface area contributed by atoms with Crippen LogP contribution in [0.15, 0.2) is 33.4 Å². The van der Waals surface area contributed by atoms with Crippen molar-refractivity contribution in [3.8, 4) is 11.4 Å². The van der Waals surface area contributed by atoms with Gasteiger partial charge in [0.2, 0.25) is 11.7 Å². The molecule has 1 unspecified atom stereocenters. The first-order valence-corrected chi connectivity index (χ1v) is 5.72. The minimum absolute atomic E-state index is 0.259. The first kappa shape index (κ1) is 11.0. The molecule has 2 aromatic heterocycles. The van der Waals surface area contributed by atoms with Gasteiger partial charge in [-0.05, 0) is 37.6 Å². The number of hydrogen-bond donors (Lipinski definition) is 1. The Morgan fingerprint density at radius 1 is 1.33 bits per heavy atom. The Morgan fingerprint density at radius 2 is 2.17 bits per heavy atom. The molecule has 3 aromatic rings. The lowest BCUT2D eigenvalue weighted by Crippen LogP contribution is -2.04. The Balaban J connectivity index is 2.09. The summed E-state index contributed by atoms with van der Waals surface area (Å²) in [4.78, 5) is 4.27. The molecule has 0 aliphatic rings. The second-order valence-electron chi connectivity index (χ2n) is 4.37. The standard InChI is InChI=1S/C13H13N3O2/c1-7-6-17-11-4-3-9(5-10(7)11)12-15-13(8(2)14)18-16-12/h3-6,8H,14H2,1-2H3. The molecule has 1 atom stereocenters. The summed E-state index contributed by atoms with van der Waals surface area (Å²) in [6, 6.07) is 5.54. The minimum atomic E-state index is -0.259. The fourth-order valence-corrected chi connectivity index (χ4v) is 1.83. The minimum Gasteiger partial charge on any atom is -0.464 e. The Labute approximate surface area is 104 Å². The number of aryl methyl sites for hydroxylation is 1. The molecule has 0 saturated carbocycles. The van der Waals surface area contributed by atoms with Crippen molar-refractivity contribution in [3.05, 3.63) is 35.9 Å². The van der Waals surface area contributed by atoms with Crippen molar-refractivity contribution in [2.45, 2.75) is 19.9 Å². The fourth-order valence-electron chi connectivity index (χ4n) is 1.83. The van der Waals surface area contributed by atoms with Crippen LogP contribution in [-0.4, -0.2) is 10.1 Å². The summed E-state index contributed by atoms with van der Waals surface area (Å²) in [6.07, 6.45) is 1.73. The molecule has 0 aliphatic heterocycles. The zero-order valence-corrected chi connectivity index (χ0v) is 10.2. The van der Waals surface area contributed by atoms with Crippen molar-refractivity contribution < 1.29 is 8.94 Å². The number of fused-ring (bicyclic) bond motifs is 1. The van der Waals surface area contributed by atoms with E-state index in [9.17, 15) is 0 Å². The van der Waals surface area contributed by atoms with Gasteiger partial charge in [-0.15, -0.1) is 0 Å². The van der Waals surface area contributed by atoms with Gasteiger partial charge in [0.1, 0.15) is 5.58 Å². The van der Waals surface area contributed by atoms with Gasteiger partial charge >= 0.3 is 0 Å². The third-order valence-electron chi connectivity index (χ3n) is 2.86. The van der Waals surface area contributed by atoms with Crippen LogP contribution in [0.1, 0.15) is 24.4 Å². The van der Waals surface area contributed by atoms with Crippen molar-refractivity contribution in [1.82, 2.24) is 10.1 Å². The molecule has 0 bridgehead atoms. The van der Waals surface area contributed by atoms with Gasteiger partial charge in [0.15, 0.2) is 0 Å². The third-order valence-corrected chi connectivity index (χ3v) is 2.86. The van der Waals surface area contributed by atoms with E-state index in [0.29, 0.717) is 11.7 Å². The number of furan rings is 1. The van der Waals surface area contributed by atoms with Crippen LogP contribution in [-0.2, 0) is 0 Å². The van der Waals surface area contributed by atoms with Crippen molar-refractivity contribution in [2.75, 3.05) is 0 Å². The zero-order valence-electron chi connectivity index (χ0n) is 10.2. The van der Waals surface area contributed by atoms with Crippen LogP contribution in [0.3, 0.4) is 0 Å². The lowest BCUT2D eigenvalue weighted by molar-refractivity contribution is 0.362. The lowest BCUT2D eigenvalue weighted by atomic mass is 10.1. The Kier molecular flexibility index (Phi) is 2.41. The topological polar surface area (TPSA) is 78.1 Å². The van der Waals surface area contributed by atoms with Gasteiger partial charge in [-0.3, -0.25) is 0 Å². The number of benzene rings is 1. The second kappa shape index (κ2) is 3.96. The maximum Gasteiger partial charge on any atom is 0.243 e. The summed E-state index contributed by atoms with van der Waals surface area (Å²) in [5, 5.41) is 4.99. The molecular weight excluding hydrogens is 230 g/mol. The van der Waals surface area contributed by atoms with Gasteiger partial charge in [-0.25, -0.2) is 0 Å². The Morgan fingerprint density at radius 3 is 2.89 bits per heavy atom. The van der Waals surface area contributed by atoms with Crippen LogP contribution in [0.5, 0.6) is 0 Å². The molecule has 92 valence electrons. The highest BCUT2D eigenvalue weighted by Crippen LogP contribution is 2.26. The fraction of sp³-hybridized carbons (Fsp3) is 0.231. The predicted octanol–water partition coefficient (Wildman–Crippen LogP) is 2.81. The van der Waals surface area contributed by atoms with E-state index < -0.39 is 0 Å². The molecular formula is C13H13N3O2. The molecule has 2 N–H and O–H groups in total. The SMILES string of the molecule is Cc1coc2ccc(-c3noc(C(C)N)n3)cc12. The quantitative estimate of drug-likeness (QED) is 0.748. The molecule has 18 heavy (non-hydrogen) atoms. The van der Waals surface area contributed by atoms with Crippen molar-refractivity contribution in [2.24, 2.45) is 5.73 Å². The number of nitrogens with two attached hydrogens (primary N) is 1. The van der Waals surface area contributed by atoms with E-state index >= 15 is 0 Å². The van der Waals surface area contributed by atoms with E-state index in [2.05, 4.69) is 10.1 Å². The molecule has 0 spiro atoms. The van der Waals surface area contributed by atoms with Crippen LogP contribution >= 0.6 is 0 Å². The van der Waals surface area contributed by atoms with Crippen molar-refractivity contribution in [3.63, 3.8) is 0 Å². The van der Waals surface area contributed by atoms with Gasteiger partial charge in [-0.1, -0.05) is 5.16 Å². The Hall–Kier alpha value is -2.14. The van der Waals surface area contributed by atoms with Crippen LogP contribution in [0.2, 0.25) is 0 Å². The second-order valence-corrected chi connectivity index (χ2v) is 4.37. The smallest absolute Gasteiger partial charge is 0.243 e. The summed E-state index contributed by atoms with van der Waals surface area (Å²) < 4.78 is 10.5. The number of rotatable bonds is 2. The van der Waals surface area contributed by atoms with E-state index in [1.54, 1.807) is 13.2 Å². The monoisotopic (exact) mass is 243 g/mol. The molecule has 0 fully saturated rings. The number of nitrogens with zero attached hydrogens (tertiary/aromatic N) is 2. The summed E-state index contributed by atoms with van der Waals surface area (Å²) in [5.41, 5.74) is 8.52. The van der Waals surface area contributed by atoms with Crippen molar-refractivity contribution >= 4 is 11.0 Å². The molecule has 0 saturated heterocycles. The van der Waals surface area contributed by atoms with Gasteiger partial charge in [0, 0.05) is 10.9 Å². The molecule has 2 heterocycles. The van der Waals surface area contributed by atoms with Gasteiger partial charge in [0.05, 0.1) is 12.3 Å². The van der Waals surface area contributed by atoms with Crippen molar-refractivity contribution in [1.29, 1.82) is 0 Å². The summed E-state index contributed by atoms with van der Waals surface area (Å²) in [5.74, 6) is 0.985. The molecule has 1 aromatic carbocycles. The highest BCUT2D eigenvalue weighted by Gasteiger charge is 2.13. The number of aromatic nitrogens is 2.